The summed E-state index contributed by atoms with van der Waals surface area (Å²) in [5.74, 6) is 1.45. The topological polar surface area (TPSA) is 83.6 Å². The Morgan fingerprint density at radius 2 is 2.00 bits per heavy atom. The molecule has 0 saturated carbocycles. The Balaban J connectivity index is 1.70. The second-order valence-corrected chi connectivity index (χ2v) is 8.18. The Bertz CT molecular complexity index is 1330. The van der Waals surface area contributed by atoms with Gasteiger partial charge in [0.1, 0.15) is 17.3 Å². The van der Waals surface area contributed by atoms with Crippen LogP contribution in [0.1, 0.15) is 16.1 Å². The van der Waals surface area contributed by atoms with Gasteiger partial charge in [0.15, 0.2) is 10.9 Å². The van der Waals surface area contributed by atoms with Crippen molar-refractivity contribution in [3.05, 3.63) is 81.5 Å². The van der Waals surface area contributed by atoms with Gasteiger partial charge in [-0.1, -0.05) is 23.4 Å². The average Bonchev–Trinajstić information content (AvgIpc) is 3.32. The zero-order chi connectivity index (χ0) is 22.7. The van der Waals surface area contributed by atoms with Crippen molar-refractivity contribution in [1.29, 1.82) is 0 Å². The fraction of sp³-hybridized carbons (Fsp3) is 0.174. The minimum atomic E-state index is -0.239. The van der Waals surface area contributed by atoms with Gasteiger partial charge in [-0.15, -0.1) is 0 Å². The largest absolute Gasteiger partial charge is 0.497 e. The van der Waals surface area contributed by atoms with Crippen molar-refractivity contribution < 1.29 is 18.7 Å². The molecule has 2 heterocycles. The molecule has 0 amide bonds. The molecular weight excluding hydrogens is 452 g/mol. The van der Waals surface area contributed by atoms with Gasteiger partial charge in [-0.2, -0.15) is 0 Å². The van der Waals surface area contributed by atoms with E-state index in [4.69, 9.17) is 25.5 Å². The molecule has 0 aliphatic carbocycles. The molecule has 0 unspecified atom stereocenters. The molecule has 7 nitrogen and oxygen atoms in total. The number of fused-ring (bicyclic) bond motifs is 1. The molecule has 2 aromatic carbocycles. The lowest BCUT2D eigenvalue weighted by Gasteiger charge is -2.13. The first-order valence-corrected chi connectivity index (χ1v) is 11.0. The standard InChI is InChI=1S/C23H19ClN2O5S/c1-29-15-6-8-21(30-2)18(11-15)20(27)13-32-23-25-19-10-14(24)5-7-17(19)22(28)26(23)12-16-4-3-9-31-16/h3-11H,12-13H2,1-2H3. The van der Waals surface area contributed by atoms with Gasteiger partial charge in [-0.05, 0) is 48.5 Å². The highest BCUT2D eigenvalue weighted by atomic mass is 35.5. The summed E-state index contributed by atoms with van der Waals surface area (Å²) >= 11 is 7.26. The number of carbonyl (C=O) groups is 1. The Morgan fingerprint density at radius 1 is 1.16 bits per heavy atom. The molecule has 2 aromatic heterocycles. The molecular formula is C23H19ClN2O5S. The lowest BCUT2D eigenvalue weighted by molar-refractivity contribution is 0.101. The van der Waals surface area contributed by atoms with E-state index in [-0.39, 0.29) is 23.6 Å². The molecule has 4 aromatic rings. The Labute approximate surface area is 192 Å². The molecule has 0 radical (unpaired) electrons. The van der Waals surface area contributed by atoms with Crippen molar-refractivity contribution in [2.75, 3.05) is 20.0 Å². The summed E-state index contributed by atoms with van der Waals surface area (Å²) in [5, 5.41) is 1.30. The third-order valence-electron chi connectivity index (χ3n) is 4.82. The van der Waals surface area contributed by atoms with Crippen LogP contribution >= 0.6 is 23.4 Å². The second kappa shape index (κ2) is 9.50. The fourth-order valence-corrected chi connectivity index (χ4v) is 4.27. The molecule has 164 valence electrons. The van der Waals surface area contributed by atoms with Crippen LogP contribution in [-0.4, -0.2) is 35.3 Å². The van der Waals surface area contributed by atoms with Crippen LogP contribution in [0.15, 0.2) is 69.2 Å². The molecule has 0 N–H and O–H groups in total. The van der Waals surface area contributed by atoms with E-state index >= 15 is 0 Å². The van der Waals surface area contributed by atoms with Crippen LogP contribution < -0.4 is 15.0 Å². The fourth-order valence-electron chi connectivity index (χ4n) is 3.22. The molecule has 4 rings (SSSR count). The number of ether oxygens (including phenoxy) is 2. The van der Waals surface area contributed by atoms with E-state index in [1.54, 1.807) is 54.8 Å². The molecule has 0 bridgehead atoms. The van der Waals surface area contributed by atoms with E-state index in [9.17, 15) is 9.59 Å². The summed E-state index contributed by atoms with van der Waals surface area (Å²) in [6, 6.07) is 13.5. The van der Waals surface area contributed by atoms with E-state index in [0.717, 1.165) is 11.8 Å². The molecule has 0 fully saturated rings. The molecule has 0 saturated heterocycles. The first kappa shape index (κ1) is 22.0. The first-order chi connectivity index (χ1) is 15.5. The number of hydrogen-bond acceptors (Lipinski definition) is 7. The Hall–Kier alpha value is -3.23. The van der Waals surface area contributed by atoms with Crippen LogP contribution in [0.3, 0.4) is 0 Å². The van der Waals surface area contributed by atoms with Crippen molar-refractivity contribution in [3.8, 4) is 11.5 Å². The maximum Gasteiger partial charge on any atom is 0.262 e. The summed E-state index contributed by atoms with van der Waals surface area (Å²) in [7, 11) is 3.03. The van der Waals surface area contributed by atoms with Gasteiger partial charge in [-0.3, -0.25) is 14.2 Å². The van der Waals surface area contributed by atoms with Crippen LogP contribution in [0.5, 0.6) is 11.5 Å². The van der Waals surface area contributed by atoms with E-state index < -0.39 is 0 Å². The van der Waals surface area contributed by atoms with Crippen LogP contribution in [0.25, 0.3) is 10.9 Å². The van der Waals surface area contributed by atoms with Gasteiger partial charge >= 0.3 is 0 Å². The number of nitrogens with zero attached hydrogens (tertiary/aromatic N) is 2. The normalized spacial score (nSPS) is 11.0. The van der Waals surface area contributed by atoms with Gasteiger partial charge in [0.25, 0.3) is 5.56 Å². The van der Waals surface area contributed by atoms with Crippen molar-refractivity contribution in [2.45, 2.75) is 11.7 Å². The van der Waals surface area contributed by atoms with Crippen molar-refractivity contribution in [2.24, 2.45) is 0 Å². The predicted molar refractivity (Wildman–Crippen MR) is 123 cm³/mol. The number of halogens is 1. The Kier molecular flexibility index (Phi) is 6.53. The number of thioether (sulfide) groups is 1. The molecule has 0 aliphatic heterocycles. The highest BCUT2D eigenvalue weighted by Crippen LogP contribution is 2.27. The minimum absolute atomic E-state index is 0.0419. The molecule has 9 heteroatoms. The summed E-state index contributed by atoms with van der Waals surface area (Å²) < 4.78 is 17.5. The average molecular weight is 471 g/mol. The Morgan fingerprint density at radius 3 is 2.72 bits per heavy atom. The lowest BCUT2D eigenvalue weighted by atomic mass is 10.1. The lowest BCUT2D eigenvalue weighted by Crippen LogP contribution is -2.24. The minimum Gasteiger partial charge on any atom is -0.497 e. The van der Waals surface area contributed by atoms with Crippen molar-refractivity contribution in [1.82, 2.24) is 9.55 Å². The zero-order valence-electron chi connectivity index (χ0n) is 17.3. The van der Waals surface area contributed by atoms with Gasteiger partial charge in [0, 0.05) is 5.02 Å². The van der Waals surface area contributed by atoms with E-state index in [1.165, 1.54) is 18.8 Å². The number of methoxy groups -OCH3 is 2. The van der Waals surface area contributed by atoms with E-state index in [2.05, 4.69) is 4.98 Å². The number of hydrogen-bond donors (Lipinski definition) is 0. The maximum atomic E-state index is 13.2. The highest BCUT2D eigenvalue weighted by Gasteiger charge is 2.18. The van der Waals surface area contributed by atoms with Crippen molar-refractivity contribution >= 4 is 40.0 Å². The van der Waals surface area contributed by atoms with Crippen LogP contribution in [0.2, 0.25) is 5.02 Å². The number of rotatable bonds is 8. The first-order valence-electron chi connectivity index (χ1n) is 9.60. The SMILES string of the molecule is COc1ccc(OC)c(C(=O)CSc2nc3cc(Cl)ccc3c(=O)n2Cc2ccco2)c1. The summed E-state index contributed by atoms with van der Waals surface area (Å²) in [6.07, 6.45) is 1.54. The highest BCUT2D eigenvalue weighted by molar-refractivity contribution is 7.99. The van der Waals surface area contributed by atoms with E-state index in [0.29, 0.717) is 43.9 Å². The van der Waals surface area contributed by atoms with Gasteiger partial charge in [-0.25, -0.2) is 4.98 Å². The van der Waals surface area contributed by atoms with Crippen LogP contribution in [0.4, 0.5) is 0 Å². The third-order valence-corrected chi connectivity index (χ3v) is 6.03. The van der Waals surface area contributed by atoms with Gasteiger partial charge in [0.2, 0.25) is 0 Å². The molecule has 0 atom stereocenters. The quantitative estimate of drug-likeness (QED) is 0.210. The predicted octanol–water partition coefficient (Wildman–Crippen LogP) is 4.68. The molecule has 32 heavy (non-hydrogen) atoms. The molecule has 0 aliphatic rings. The molecule has 0 spiro atoms. The number of aromatic nitrogens is 2. The van der Waals surface area contributed by atoms with E-state index in [1.807, 2.05) is 0 Å². The number of furan rings is 1. The summed E-state index contributed by atoms with van der Waals surface area (Å²) in [6.45, 7) is 0.191. The van der Waals surface area contributed by atoms with Gasteiger partial charge < -0.3 is 13.9 Å². The second-order valence-electron chi connectivity index (χ2n) is 6.80. The summed E-state index contributed by atoms with van der Waals surface area (Å²) in [4.78, 5) is 30.8. The number of ketones is 1. The smallest absolute Gasteiger partial charge is 0.262 e. The number of benzene rings is 2. The van der Waals surface area contributed by atoms with Crippen molar-refractivity contribution in [3.63, 3.8) is 0 Å². The monoisotopic (exact) mass is 470 g/mol. The third kappa shape index (κ3) is 4.51. The number of Topliss-reactive ketones (excluding diaryl/α,β-unsaturated/α-hetero) is 1. The summed E-state index contributed by atoms with van der Waals surface area (Å²) in [5.41, 5.74) is 0.618. The maximum absolute atomic E-state index is 13.2. The van der Waals surface area contributed by atoms with Crippen LogP contribution in [0, 0.1) is 0 Å². The number of carbonyl (C=O) groups excluding carboxylic acids is 1. The van der Waals surface area contributed by atoms with Gasteiger partial charge in [0.05, 0.1) is 49.2 Å². The zero-order valence-corrected chi connectivity index (χ0v) is 18.9. The van der Waals surface area contributed by atoms with Crippen LogP contribution in [-0.2, 0) is 6.54 Å².